The number of nitrogens with zero attached hydrogens (tertiary/aromatic N) is 2. The first-order chi connectivity index (χ1) is 8.13. The van der Waals surface area contributed by atoms with Crippen LogP contribution in [0, 0.1) is 6.92 Å². The van der Waals surface area contributed by atoms with Gasteiger partial charge in [0, 0.05) is 12.2 Å². The van der Waals surface area contributed by atoms with E-state index in [2.05, 4.69) is 43.1 Å². The van der Waals surface area contributed by atoms with Crippen LogP contribution in [-0.4, -0.2) is 50.8 Å². The minimum absolute atomic E-state index is 0.793. The molecule has 0 aliphatic carbocycles. The van der Waals surface area contributed by atoms with Crippen molar-refractivity contribution in [3.8, 4) is 0 Å². The molecule has 0 amide bonds. The average molecular weight is 234 g/mol. The second-order valence-electron chi connectivity index (χ2n) is 5.40. The summed E-state index contributed by atoms with van der Waals surface area (Å²) in [4.78, 5) is 2.48. The summed E-state index contributed by atoms with van der Waals surface area (Å²) in [5, 5.41) is 0. The number of aryl methyl sites for hydroxylation is 1. The maximum absolute atomic E-state index is 5.68. The monoisotopic (exact) mass is 234 g/mol. The smallest absolute Gasteiger partial charge is 0.0963 e. The lowest BCUT2D eigenvalue weighted by atomic mass is 10.2. The number of nitrogens with two attached hydrogens (primary N) is 1. The van der Waals surface area contributed by atoms with Gasteiger partial charge in [0.15, 0.2) is 0 Å². The largest absolute Gasteiger partial charge is 0.360 e. The van der Waals surface area contributed by atoms with Crippen molar-refractivity contribution < 1.29 is 4.48 Å². The molecule has 2 rings (SSSR count). The molecule has 0 bridgehead atoms. The van der Waals surface area contributed by atoms with Crippen molar-refractivity contribution in [2.75, 3.05) is 51.2 Å². The number of likely N-dealkylation sites (N-methyl/N-ethyl adjacent to an activating group) is 1. The zero-order chi connectivity index (χ0) is 12.3. The SMILES string of the molecule is Cc1ccc(N2CC[N+](C)(CCN)CC2)cc1. The molecule has 0 atom stereocenters. The highest BCUT2D eigenvalue weighted by Gasteiger charge is 2.27. The topological polar surface area (TPSA) is 29.3 Å². The van der Waals surface area contributed by atoms with E-state index in [0.29, 0.717) is 0 Å². The van der Waals surface area contributed by atoms with E-state index in [1.807, 2.05) is 0 Å². The summed E-state index contributed by atoms with van der Waals surface area (Å²) >= 11 is 0. The first-order valence-electron chi connectivity index (χ1n) is 6.48. The van der Waals surface area contributed by atoms with Crippen LogP contribution in [0.15, 0.2) is 24.3 Å². The summed E-state index contributed by atoms with van der Waals surface area (Å²) in [6, 6.07) is 8.84. The molecule has 0 saturated carbocycles. The van der Waals surface area contributed by atoms with E-state index >= 15 is 0 Å². The van der Waals surface area contributed by atoms with E-state index in [9.17, 15) is 0 Å². The van der Waals surface area contributed by atoms with Gasteiger partial charge in [-0.2, -0.15) is 0 Å². The summed E-state index contributed by atoms with van der Waals surface area (Å²) in [6.07, 6.45) is 0. The molecule has 17 heavy (non-hydrogen) atoms. The number of piperazine rings is 1. The van der Waals surface area contributed by atoms with Crippen molar-refractivity contribution >= 4 is 5.69 Å². The minimum Gasteiger partial charge on any atom is -0.360 e. The van der Waals surface area contributed by atoms with Gasteiger partial charge in [0.1, 0.15) is 0 Å². The van der Waals surface area contributed by atoms with Gasteiger partial charge in [0.25, 0.3) is 0 Å². The van der Waals surface area contributed by atoms with Crippen LogP contribution in [0.3, 0.4) is 0 Å². The van der Waals surface area contributed by atoms with Crippen LogP contribution < -0.4 is 10.6 Å². The Labute approximate surface area is 104 Å². The van der Waals surface area contributed by atoms with Gasteiger partial charge >= 0.3 is 0 Å². The number of anilines is 1. The van der Waals surface area contributed by atoms with Crippen LogP contribution >= 0.6 is 0 Å². The Morgan fingerprint density at radius 3 is 2.29 bits per heavy atom. The first kappa shape index (κ1) is 12.4. The molecule has 3 nitrogen and oxygen atoms in total. The van der Waals surface area contributed by atoms with E-state index in [0.717, 1.165) is 30.7 Å². The van der Waals surface area contributed by atoms with Crippen molar-refractivity contribution in [2.45, 2.75) is 6.92 Å². The Morgan fingerprint density at radius 2 is 1.76 bits per heavy atom. The molecule has 1 aromatic carbocycles. The molecule has 1 aliphatic heterocycles. The normalized spacial score (nSPS) is 19.4. The van der Waals surface area contributed by atoms with Gasteiger partial charge in [-0.05, 0) is 19.1 Å². The summed E-state index contributed by atoms with van der Waals surface area (Å²) < 4.78 is 1.12. The lowest BCUT2D eigenvalue weighted by Crippen LogP contribution is -2.58. The molecule has 2 N–H and O–H groups in total. The van der Waals surface area contributed by atoms with Crippen molar-refractivity contribution in [3.63, 3.8) is 0 Å². The van der Waals surface area contributed by atoms with Crippen molar-refractivity contribution in [1.29, 1.82) is 0 Å². The Kier molecular flexibility index (Phi) is 3.69. The molecule has 94 valence electrons. The number of benzene rings is 1. The van der Waals surface area contributed by atoms with Crippen molar-refractivity contribution in [2.24, 2.45) is 5.73 Å². The second-order valence-corrected chi connectivity index (χ2v) is 5.40. The van der Waals surface area contributed by atoms with Gasteiger partial charge < -0.3 is 15.1 Å². The molecule has 0 unspecified atom stereocenters. The van der Waals surface area contributed by atoms with Gasteiger partial charge in [-0.3, -0.25) is 0 Å². The second kappa shape index (κ2) is 5.07. The highest BCUT2D eigenvalue weighted by atomic mass is 15.4. The fourth-order valence-corrected chi connectivity index (χ4v) is 2.50. The third-order valence-corrected chi connectivity index (χ3v) is 3.89. The zero-order valence-electron chi connectivity index (χ0n) is 11.0. The number of rotatable bonds is 3. The van der Waals surface area contributed by atoms with Gasteiger partial charge in [-0.15, -0.1) is 0 Å². The van der Waals surface area contributed by atoms with Crippen LogP contribution in [0.1, 0.15) is 5.56 Å². The maximum atomic E-state index is 5.68. The van der Waals surface area contributed by atoms with Gasteiger partial charge in [-0.25, -0.2) is 0 Å². The van der Waals surface area contributed by atoms with Crippen molar-refractivity contribution in [3.05, 3.63) is 29.8 Å². The van der Waals surface area contributed by atoms with Gasteiger partial charge in [0.2, 0.25) is 0 Å². The number of hydrogen-bond donors (Lipinski definition) is 1. The quantitative estimate of drug-likeness (QED) is 0.797. The predicted octanol–water partition coefficient (Wildman–Crippen LogP) is 1.22. The molecule has 1 aromatic rings. The molecule has 1 saturated heterocycles. The van der Waals surface area contributed by atoms with Gasteiger partial charge in [0.05, 0.1) is 39.8 Å². The third-order valence-electron chi connectivity index (χ3n) is 3.89. The number of hydrogen-bond acceptors (Lipinski definition) is 2. The van der Waals surface area contributed by atoms with Crippen LogP contribution in [0.25, 0.3) is 0 Å². The van der Waals surface area contributed by atoms with Crippen LogP contribution in [-0.2, 0) is 0 Å². The summed E-state index contributed by atoms with van der Waals surface area (Å²) in [7, 11) is 2.32. The van der Waals surface area contributed by atoms with Gasteiger partial charge in [-0.1, -0.05) is 17.7 Å². The van der Waals surface area contributed by atoms with Crippen LogP contribution in [0.4, 0.5) is 5.69 Å². The summed E-state index contributed by atoms with van der Waals surface area (Å²) in [5.41, 5.74) is 8.36. The highest BCUT2D eigenvalue weighted by molar-refractivity contribution is 5.47. The van der Waals surface area contributed by atoms with Crippen LogP contribution in [0.5, 0.6) is 0 Å². The van der Waals surface area contributed by atoms with E-state index < -0.39 is 0 Å². The molecule has 0 aromatic heterocycles. The van der Waals surface area contributed by atoms with Crippen LogP contribution in [0.2, 0.25) is 0 Å². The molecule has 1 aliphatic rings. The maximum Gasteiger partial charge on any atom is 0.0963 e. The van der Waals surface area contributed by atoms with E-state index in [1.165, 1.54) is 24.3 Å². The molecule has 0 radical (unpaired) electrons. The first-order valence-corrected chi connectivity index (χ1v) is 6.48. The fourth-order valence-electron chi connectivity index (χ4n) is 2.50. The Balaban J connectivity index is 1.97. The molecule has 1 heterocycles. The summed E-state index contributed by atoms with van der Waals surface area (Å²) in [5.74, 6) is 0. The van der Waals surface area contributed by atoms with E-state index in [4.69, 9.17) is 5.73 Å². The standard InChI is InChI=1S/C14H24N3/c1-13-3-5-14(6-4-13)16-8-11-17(2,10-7-15)12-9-16/h3-6H,7-12,15H2,1-2H3/q+1. The fraction of sp³-hybridized carbons (Fsp3) is 0.571. The zero-order valence-corrected chi connectivity index (χ0v) is 11.0. The number of quaternary nitrogens is 1. The summed E-state index contributed by atoms with van der Waals surface area (Å²) in [6.45, 7) is 8.70. The van der Waals surface area contributed by atoms with E-state index in [-0.39, 0.29) is 0 Å². The Hall–Kier alpha value is -1.06. The molecular formula is C14H24N3+. The van der Waals surface area contributed by atoms with E-state index in [1.54, 1.807) is 0 Å². The minimum atomic E-state index is 0.793. The average Bonchev–Trinajstić information content (AvgIpc) is 2.31. The molecular weight excluding hydrogens is 210 g/mol. The Bertz CT molecular complexity index is 350. The molecule has 0 spiro atoms. The lowest BCUT2D eigenvalue weighted by Gasteiger charge is -2.42. The lowest BCUT2D eigenvalue weighted by molar-refractivity contribution is -0.908. The highest BCUT2D eigenvalue weighted by Crippen LogP contribution is 2.19. The molecule has 3 heteroatoms. The molecule has 1 fully saturated rings. The predicted molar refractivity (Wildman–Crippen MR) is 73.2 cm³/mol. The van der Waals surface area contributed by atoms with Crippen molar-refractivity contribution in [1.82, 2.24) is 0 Å². The Morgan fingerprint density at radius 1 is 1.18 bits per heavy atom. The third kappa shape index (κ3) is 2.99.